The van der Waals surface area contributed by atoms with Gasteiger partial charge in [0.15, 0.2) is 5.43 Å². The molecule has 4 rings (SSSR count). The Morgan fingerprint density at radius 2 is 1.81 bits per heavy atom. The molecule has 2 aromatic carbocycles. The first-order valence-electron chi connectivity index (χ1n) is 8.16. The monoisotopic (exact) mass is 360 g/mol. The number of amides is 1. The Bertz CT molecular complexity index is 1190. The summed E-state index contributed by atoms with van der Waals surface area (Å²) in [7, 11) is 0. The molecular formula is C21H13FN2O3. The van der Waals surface area contributed by atoms with Crippen LogP contribution < -0.4 is 10.7 Å². The SMILES string of the molecule is O=C(Nc1ccc2oc(-c3ccc(F)cc3)cc(=O)c2c1)c1ccccn1. The summed E-state index contributed by atoms with van der Waals surface area (Å²) in [6, 6.07) is 16.9. The van der Waals surface area contributed by atoms with E-state index in [-0.39, 0.29) is 22.8 Å². The summed E-state index contributed by atoms with van der Waals surface area (Å²) in [5.41, 5.74) is 1.45. The topological polar surface area (TPSA) is 72.2 Å². The number of nitrogens with one attached hydrogen (secondary N) is 1. The van der Waals surface area contributed by atoms with E-state index in [0.29, 0.717) is 28.0 Å². The van der Waals surface area contributed by atoms with E-state index in [9.17, 15) is 14.0 Å². The highest BCUT2D eigenvalue weighted by Crippen LogP contribution is 2.24. The third-order valence-corrected chi connectivity index (χ3v) is 4.01. The van der Waals surface area contributed by atoms with Gasteiger partial charge in [0.05, 0.1) is 5.39 Å². The molecule has 5 nitrogen and oxygen atoms in total. The molecule has 0 fully saturated rings. The van der Waals surface area contributed by atoms with Crippen LogP contribution in [0.3, 0.4) is 0 Å². The highest BCUT2D eigenvalue weighted by molar-refractivity contribution is 6.03. The fourth-order valence-corrected chi connectivity index (χ4v) is 2.68. The van der Waals surface area contributed by atoms with Crippen molar-refractivity contribution in [3.63, 3.8) is 0 Å². The molecule has 0 atom stereocenters. The van der Waals surface area contributed by atoms with Crippen molar-refractivity contribution in [2.75, 3.05) is 5.32 Å². The van der Waals surface area contributed by atoms with Crippen LogP contribution in [0.5, 0.6) is 0 Å². The van der Waals surface area contributed by atoms with Gasteiger partial charge in [-0.05, 0) is 54.6 Å². The van der Waals surface area contributed by atoms with Crippen LogP contribution in [-0.4, -0.2) is 10.9 Å². The zero-order valence-electron chi connectivity index (χ0n) is 14.0. The number of halogens is 1. The van der Waals surface area contributed by atoms with Gasteiger partial charge in [-0.1, -0.05) is 6.07 Å². The molecule has 4 aromatic rings. The molecule has 6 heteroatoms. The summed E-state index contributed by atoms with van der Waals surface area (Å²) >= 11 is 0. The number of carbonyl (C=O) groups is 1. The number of benzene rings is 2. The maximum Gasteiger partial charge on any atom is 0.274 e. The first-order valence-corrected chi connectivity index (χ1v) is 8.16. The van der Waals surface area contributed by atoms with Crippen LogP contribution in [0.2, 0.25) is 0 Å². The minimum Gasteiger partial charge on any atom is -0.456 e. The van der Waals surface area contributed by atoms with Crippen molar-refractivity contribution < 1.29 is 13.6 Å². The Labute approximate surface area is 153 Å². The highest BCUT2D eigenvalue weighted by atomic mass is 19.1. The van der Waals surface area contributed by atoms with Crippen LogP contribution in [0.1, 0.15) is 10.5 Å². The molecule has 2 aromatic heterocycles. The lowest BCUT2D eigenvalue weighted by atomic mass is 10.1. The fourth-order valence-electron chi connectivity index (χ4n) is 2.68. The number of anilines is 1. The number of hydrogen-bond donors (Lipinski definition) is 1. The van der Waals surface area contributed by atoms with Gasteiger partial charge >= 0.3 is 0 Å². The fraction of sp³-hybridized carbons (Fsp3) is 0. The van der Waals surface area contributed by atoms with E-state index in [0.717, 1.165) is 0 Å². The van der Waals surface area contributed by atoms with Gasteiger partial charge in [0.25, 0.3) is 5.91 Å². The molecule has 0 radical (unpaired) electrons. The van der Waals surface area contributed by atoms with Gasteiger partial charge in [0.2, 0.25) is 0 Å². The third-order valence-electron chi connectivity index (χ3n) is 4.01. The predicted molar refractivity (Wildman–Crippen MR) is 100 cm³/mol. The van der Waals surface area contributed by atoms with Gasteiger partial charge in [-0.15, -0.1) is 0 Å². The van der Waals surface area contributed by atoms with Crippen LogP contribution >= 0.6 is 0 Å². The molecule has 1 amide bonds. The molecule has 0 saturated carbocycles. The second kappa shape index (κ2) is 6.84. The van der Waals surface area contributed by atoms with E-state index in [1.807, 2.05) is 0 Å². The number of pyridine rings is 1. The lowest BCUT2D eigenvalue weighted by Crippen LogP contribution is -2.13. The predicted octanol–water partition coefficient (Wildman–Crippen LogP) is 4.25. The number of carbonyl (C=O) groups excluding carboxylic acids is 1. The molecule has 0 bridgehead atoms. The van der Waals surface area contributed by atoms with Gasteiger partial charge in [0.1, 0.15) is 22.9 Å². The number of hydrogen-bond acceptors (Lipinski definition) is 4. The summed E-state index contributed by atoms with van der Waals surface area (Å²) < 4.78 is 18.8. The summed E-state index contributed by atoms with van der Waals surface area (Å²) in [5.74, 6) is -0.393. The first-order chi connectivity index (χ1) is 13.1. The third kappa shape index (κ3) is 3.46. The molecule has 0 aliphatic heterocycles. The van der Waals surface area contributed by atoms with Crippen LogP contribution in [0.4, 0.5) is 10.1 Å². The Kier molecular flexibility index (Phi) is 4.22. The molecule has 132 valence electrons. The van der Waals surface area contributed by atoms with Crippen LogP contribution in [0.25, 0.3) is 22.3 Å². The van der Waals surface area contributed by atoms with Crippen LogP contribution in [0.15, 0.2) is 82.1 Å². The maximum atomic E-state index is 13.1. The first kappa shape index (κ1) is 16.7. The number of rotatable bonds is 3. The quantitative estimate of drug-likeness (QED) is 0.593. The minimum absolute atomic E-state index is 0.260. The van der Waals surface area contributed by atoms with E-state index in [2.05, 4.69) is 10.3 Å². The number of aromatic nitrogens is 1. The van der Waals surface area contributed by atoms with Crippen molar-refractivity contribution in [1.82, 2.24) is 4.98 Å². The largest absolute Gasteiger partial charge is 0.456 e. The standard InChI is InChI=1S/C21H13FN2O3/c22-14-6-4-13(5-7-14)20-12-18(25)16-11-15(8-9-19(16)27-20)24-21(26)17-3-1-2-10-23-17/h1-12H,(H,24,26). The normalized spacial score (nSPS) is 10.7. The van der Waals surface area contributed by atoms with Crippen molar-refractivity contribution >= 4 is 22.6 Å². The molecule has 0 aliphatic rings. The number of nitrogens with zero attached hydrogens (tertiary/aromatic N) is 1. The summed E-state index contributed by atoms with van der Waals surface area (Å²) in [6.45, 7) is 0. The van der Waals surface area contributed by atoms with Gasteiger partial charge in [-0.3, -0.25) is 14.6 Å². The Balaban J connectivity index is 1.68. The van der Waals surface area contributed by atoms with Gasteiger partial charge in [-0.2, -0.15) is 0 Å². The van der Waals surface area contributed by atoms with Crippen molar-refractivity contribution in [2.45, 2.75) is 0 Å². The second-order valence-electron chi connectivity index (χ2n) is 5.86. The van der Waals surface area contributed by atoms with E-state index < -0.39 is 0 Å². The molecule has 27 heavy (non-hydrogen) atoms. The van der Waals surface area contributed by atoms with Crippen molar-refractivity contribution in [3.05, 3.63) is 94.7 Å². The summed E-state index contributed by atoms with van der Waals surface area (Å²) in [6.07, 6.45) is 1.53. The van der Waals surface area contributed by atoms with E-state index >= 15 is 0 Å². The molecule has 0 unspecified atom stereocenters. The zero-order valence-corrected chi connectivity index (χ0v) is 14.0. The summed E-state index contributed by atoms with van der Waals surface area (Å²) in [5, 5.41) is 3.04. The van der Waals surface area contributed by atoms with Crippen molar-refractivity contribution in [2.24, 2.45) is 0 Å². The van der Waals surface area contributed by atoms with Crippen LogP contribution in [-0.2, 0) is 0 Å². The molecular weight excluding hydrogens is 347 g/mol. The van der Waals surface area contributed by atoms with Gasteiger partial charge in [-0.25, -0.2) is 4.39 Å². The Hall–Kier alpha value is -3.80. The lowest BCUT2D eigenvalue weighted by Gasteiger charge is -2.07. The lowest BCUT2D eigenvalue weighted by molar-refractivity contribution is 0.102. The Morgan fingerprint density at radius 3 is 2.56 bits per heavy atom. The van der Waals surface area contributed by atoms with E-state index in [4.69, 9.17) is 4.42 Å². The second-order valence-corrected chi connectivity index (χ2v) is 5.86. The maximum absolute atomic E-state index is 13.1. The minimum atomic E-state index is -0.373. The average Bonchev–Trinajstić information content (AvgIpc) is 2.69. The van der Waals surface area contributed by atoms with Gasteiger partial charge in [0, 0.05) is 23.5 Å². The van der Waals surface area contributed by atoms with Crippen molar-refractivity contribution in [1.29, 1.82) is 0 Å². The summed E-state index contributed by atoms with van der Waals surface area (Å²) in [4.78, 5) is 28.7. The van der Waals surface area contributed by atoms with Crippen molar-refractivity contribution in [3.8, 4) is 11.3 Å². The Morgan fingerprint density at radius 1 is 1.00 bits per heavy atom. The molecule has 0 spiro atoms. The average molecular weight is 360 g/mol. The molecule has 0 aliphatic carbocycles. The smallest absolute Gasteiger partial charge is 0.274 e. The van der Waals surface area contributed by atoms with E-state index in [1.54, 1.807) is 48.5 Å². The zero-order chi connectivity index (χ0) is 18.8. The molecule has 2 heterocycles. The molecule has 0 saturated heterocycles. The highest BCUT2D eigenvalue weighted by Gasteiger charge is 2.11. The van der Waals surface area contributed by atoms with Crippen LogP contribution in [0, 0.1) is 5.82 Å². The molecule has 1 N–H and O–H groups in total. The van der Waals surface area contributed by atoms with Gasteiger partial charge < -0.3 is 9.73 Å². The van der Waals surface area contributed by atoms with E-state index in [1.165, 1.54) is 24.4 Å². The number of fused-ring (bicyclic) bond motifs is 1.